The van der Waals surface area contributed by atoms with Crippen LogP contribution < -0.4 is 10.8 Å². The summed E-state index contributed by atoms with van der Waals surface area (Å²) >= 11 is 0. The summed E-state index contributed by atoms with van der Waals surface area (Å²) in [6, 6.07) is 3.16. The zero-order chi connectivity index (χ0) is 8.27. The number of carbonyl (C=O) groups excluding carboxylic acids is 1. The van der Waals surface area contributed by atoms with Crippen LogP contribution in [0.1, 0.15) is 10.5 Å². The van der Waals surface area contributed by atoms with E-state index in [1.165, 1.54) is 12.3 Å². The van der Waals surface area contributed by atoms with Crippen molar-refractivity contribution < 1.29 is 4.79 Å². The number of pyridine rings is 1. The summed E-state index contributed by atoms with van der Waals surface area (Å²) < 4.78 is 0. The first-order chi connectivity index (χ1) is 5.24. The van der Waals surface area contributed by atoms with Gasteiger partial charge in [-0.25, -0.2) is 0 Å². The number of nitrogens with zero attached hydrogens (tertiary/aromatic N) is 1. The molecule has 4 heteroatoms. The van der Waals surface area contributed by atoms with Gasteiger partial charge in [-0.2, -0.15) is 0 Å². The van der Waals surface area contributed by atoms with Crippen LogP contribution in [-0.4, -0.2) is 25.8 Å². The van der Waals surface area contributed by atoms with E-state index >= 15 is 0 Å². The third-order valence-electron chi connectivity index (χ3n) is 1.24. The second kappa shape index (κ2) is 3.19. The molecule has 0 saturated heterocycles. The Morgan fingerprint density at radius 1 is 1.73 bits per heavy atom. The Morgan fingerprint density at radius 3 is 3.00 bits per heavy atom. The average Bonchev–Trinajstić information content (AvgIpc) is 2.03. The molecule has 0 aliphatic rings. The van der Waals surface area contributed by atoms with Gasteiger partial charge in [-0.15, -0.1) is 0 Å². The molecule has 1 heterocycles. The predicted molar refractivity (Wildman–Crippen MR) is 43.0 cm³/mol. The first-order valence-electron chi connectivity index (χ1n) is 3.17. The van der Waals surface area contributed by atoms with Gasteiger partial charge >= 0.3 is 0 Å². The monoisotopic (exact) mass is 146 g/mol. The maximum Gasteiger partial charge on any atom is 0.269 e. The third kappa shape index (κ3) is 1.80. The highest BCUT2D eigenvalue weighted by Gasteiger charge is 2.02. The second-order valence-corrected chi connectivity index (χ2v) is 2.05. The van der Waals surface area contributed by atoms with E-state index in [9.17, 15) is 4.79 Å². The quantitative estimate of drug-likeness (QED) is 0.529. The molecule has 0 aliphatic heterocycles. The van der Waals surface area contributed by atoms with Crippen molar-refractivity contribution in [3.05, 3.63) is 24.0 Å². The van der Waals surface area contributed by atoms with Crippen LogP contribution in [0.25, 0.3) is 0 Å². The molecule has 1 N–H and O–H groups in total. The Hall–Kier alpha value is -1.32. The summed E-state index contributed by atoms with van der Waals surface area (Å²) in [6.45, 7) is 0. The van der Waals surface area contributed by atoms with Crippen molar-refractivity contribution in [2.45, 2.75) is 0 Å². The van der Waals surface area contributed by atoms with E-state index < -0.39 is 0 Å². The molecule has 54 valence electrons. The number of nitrogens with one attached hydrogen (secondary N) is 1. The Kier molecular flexibility index (Phi) is 2.26. The summed E-state index contributed by atoms with van der Waals surface area (Å²) in [4.78, 5) is 14.8. The molecular weight excluding hydrogens is 139 g/mol. The van der Waals surface area contributed by atoms with Crippen molar-refractivity contribution >= 4 is 19.2 Å². The van der Waals surface area contributed by atoms with Crippen LogP contribution >= 0.6 is 0 Å². The minimum atomic E-state index is -0.225. The van der Waals surface area contributed by atoms with Gasteiger partial charge in [0.25, 0.3) is 5.91 Å². The highest BCUT2D eigenvalue weighted by Crippen LogP contribution is 1.88. The molecule has 0 atom stereocenters. The van der Waals surface area contributed by atoms with Crippen molar-refractivity contribution in [1.29, 1.82) is 0 Å². The van der Waals surface area contributed by atoms with Gasteiger partial charge in [0, 0.05) is 13.2 Å². The second-order valence-electron chi connectivity index (χ2n) is 2.05. The van der Waals surface area contributed by atoms with Gasteiger partial charge in [-0.3, -0.25) is 9.78 Å². The van der Waals surface area contributed by atoms with Crippen LogP contribution in [0.5, 0.6) is 0 Å². The molecule has 0 aromatic carbocycles. The van der Waals surface area contributed by atoms with Crippen LogP contribution in [-0.2, 0) is 0 Å². The van der Waals surface area contributed by atoms with Gasteiger partial charge in [0.05, 0.1) is 0 Å². The summed E-state index contributed by atoms with van der Waals surface area (Å²) in [6.07, 6.45) is 1.50. The zero-order valence-electron chi connectivity index (χ0n) is 6.16. The number of carbonyl (C=O) groups is 1. The van der Waals surface area contributed by atoms with Crippen LogP contribution in [0.15, 0.2) is 18.3 Å². The molecule has 1 aromatic heterocycles. The van der Waals surface area contributed by atoms with Crippen molar-refractivity contribution in [3.8, 4) is 0 Å². The molecular formula is C7H7BN2O. The summed E-state index contributed by atoms with van der Waals surface area (Å²) in [5, 5.41) is 2.45. The molecule has 11 heavy (non-hydrogen) atoms. The fraction of sp³-hybridized carbons (Fsp3) is 0.143. The Morgan fingerprint density at radius 2 is 2.45 bits per heavy atom. The molecule has 1 aromatic rings. The maximum atomic E-state index is 10.9. The first-order valence-corrected chi connectivity index (χ1v) is 3.17. The van der Waals surface area contributed by atoms with E-state index in [0.29, 0.717) is 11.2 Å². The van der Waals surface area contributed by atoms with E-state index in [-0.39, 0.29) is 5.91 Å². The number of hydrogen-bond acceptors (Lipinski definition) is 2. The van der Waals surface area contributed by atoms with Gasteiger partial charge in [0.1, 0.15) is 13.5 Å². The van der Waals surface area contributed by atoms with Gasteiger partial charge < -0.3 is 5.32 Å². The Balaban J connectivity index is 2.96. The molecule has 0 spiro atoms. The molecule has 0 unspecified atom stereocenters. The standard InChI is InChI=1S/C7H7BN2O/c1-9-7(11)6-4-5(8)2-3-10-6/h2-4H,1H3,(H,9,11). The average molecular weight is 146 g/mol. The smallest absolute Gasteiger partial charge is 0.269 e. The van der Waals surface area contributed by atoms with E-state index in [1.807, 2.05) is 0 Å². The van der Waals surface area contributed by atoms with Gasteiger partial charge in [0.2, 0.25) is 0 Å². The van der Waals surface area contributed by atoms with Crippen molar-refractivity contribution in [1.82, 2.24) is 10.3 Å². The van der Waals surface area contributed by atoms with Gasteiger partial charge in [0.15, 0.2) is 0 Å². The fourth-order valence-electron chi connectivity index (χ4n) is 0.699. The Labute approximate surface area is 66.2 Å². The number of rotatable bonds is 1. The first kappa shape index (κ1) is 7.79. The molecule has 2 radical (unpaired) electrons. The minimum Gasteiger partial charge on any atom is -0.354 e. The van der Waals surface area contributed by atoms with Crippen LogP contribution in [0, 0.1) is 0 Å². The highest BCUT2D eigenvalue weighted by molar-refractivity contribution is 6.32. The van der Waals surface area contributed by atoms with Crippen molar-refractivity contribution in [2.75, 3.05) is 7.05 Å². The summed E-state index contributed by atoms with van der Waals surface area (Å²) in [5.41, 5.74) is 0.881. The van der Waals surface area contributed by atoms with E-state index in [1.54, 1.807) is 13.1 Å². The van der Waals surface area contributed by atoms with E-state index in [4.69, 9.17) is 7.85 Å². The molecule has 0 saturated carbocycles. The zero-order valence-corrected chi connectivity index (χ0v) is 6.16. The number of aromatic nitrogens is 1. The molecule has 3 nitrogen and oxygen atoms in total. The van der Waals surface area contributed by atoms with E-state index in [0.717, 1.165) is 0 Å². The van der Waals surface area contributed by atoms with E-state index in [2.05, 4.69) is 10.3 Å². The highest BCUT2D eigenvalue weighted by atomic mass is 16.1. The third-order valence-corrected chi connectivity index (χ3v) is 1.24. The molecule has 0 bridgehead atoms. The molecule has 0 aliphatic carbocycles. The normalized spacial score (nSPS) is 9.18. The van der Waals surface area contributed by atoms with Crippen molar-refractivity contribution in [2.24, 2.45) is 0 Å². The summed E-state index contributed by atoms with van der Waals surface area (Å²) in [5.74, 6) is -0.225. The van der Waals surface area contributed by atoms with Crippen LogP contribution in [0.4, 0.5) is 0 Å². The topological polar surface area (TPSA) is 42.0 Å². The lowest BCUT2D eigenvalue weighted by atomic mass is 9.97. The van der Waals surface area contributed by atoms with Crippen LogP contribution in [0.3, 0.4) is 0 Å². The predicted octanol–water partition coefficient (Wildman–Crippen LogP) is -0.765. The number of hydrogen-bond donors (Lipinski definition) is 1. The SMILES string of the molecule is [B]c1ccnc(C(=O)NC)c1. The lowest BCUT2D eigenvalue weighted by molar-refractivity contribution is 0.0958. The summed E-state index contributed by atoms with van der Waals surface area (Å²) in [7, 11) is 6.98. The van der Waals surface area contributed by atoms with Crippen molar-refractivity contribution in [3.63, 3.8) is 0 Å². The lowest BCUT2D eigenvalue weighted by Gasteiger charge is -1.98. The number of amides is 1. The Bertz CT molecular complexity index is 275. The largest absolute Gasteiger partial charge is 0.354 e. The van der Waals surface area contributed by atoms with Gasteiger partial charge in [-0.05, 0) is 6.07 Å². The maximum absolute atomic E-state index is 10.9. The lowest BCUT2D eigenvalue weighted by Crippen LogP contribution is -2.21. The molecule has 1 rings (SSSR count). The molecule has 0 fully saturated rings. The van der Waals surface area contributed by atoms with Crippen LogP contribution in [0.2, 0.25) is 0 Å². The van der Waals surface area contributed by atoms with Gasteiger partial charge in [-0.1, -0.05) is 11.5 Å². The molecule has 1 amide bonds. The minimum absolute atomic E-state index is 0.225. The fourth-order valence-corrected chi connectivity index (χ4v) is 0.699.